The number of piperidine rings is 3. The van der Waals surface area contributed by atoms with Gasteiger partial charge in [0.1, 0.15) is 19.0 Å². The Morgan fingerprint density at radius 2 is 1.59 bits per heavy atom. The van der Waals surface area contributed by atoms with Crippen LogP contribution in [0.1, 0.15) is 41.0 Å². The number of ether oxygens (including phenoxy) is 1. The van der Waals surface area contributed by atoms with Gasteiger partial charge in [0.05, 0.1) is 19.7 Å². The molecule has 0 saturated carbocycles. The van der Waals surface area contributed by atoms with Crippen molar-refractivity contribution in [1.82, 2.24) is 0 Å². The second-order valence-corrected chi connectivity index (χ2v) is 8.74. The average Bonchev–Trinajstić information content (AvgIpc) is 2.72. The number of carbonyl (C=O) groups is 1. The summed E-state index contributed by atoms with van der Waals surface area (Å²) in [6.45, 7) is 4.04. The molecule has 3 fully saturated rings. The van der Waals surface area contributed by atoms with Crippen LogP contribution in [-0.2, 0) is 16.0 Å². The molecule has 5 heteroatoms. The molecule has 0 spiro atoms. The number of rotatable bonds is 4. The molecular weight excluding hydrogens is 430 g/mol. The van der Waals surface area contributed by atoms with E-state index in [1.54, 1.807) is 0 Å². The largest absolute Gasteiger partial charge is 1.00 e. The van der Waals surface area contributed by atoms with Gasteiger partial charge in [-0.1, -0.05) is 48.5 Å². The summed E-state index contributed by atoms with van der Waals surface area (Å²) >= 11 is 0. The molecule has 4 nitrogen and oxygen atoms in total. The van der Waals surface area contributed by atoms with E-state index in [4.69, 9.17) is 4.74 Å². The van der Waals surface area contributed by atoms with Crippen molar-refractivity contribution in [2.75, 3.05) is 32.8 Å². The van der Waals surface area contributed by atoms with Crippen LogP contribution in [-0.4, -0.2) is 54.4 Å². The summed E-state index contributed by atoms with van der Waals surface area (Å²) in [7, 11) is 0. The Kier molecular flexibility index (Phi) is 5.83. The molecule has 1 N–H and O–H groups in total. The van der Waals surface area contributed by atoms with Crippen molar-refractivity contribution in [2.24, 2.45) is 5.92 Å². The third-order valence-electron chi connectivity index (χ3n) is 7.23. The quantitative estimate of drug-likeness (QED) is 0.513. The zero-order valence-electron chi connectivity index (χ0n) is 16.6. The number of aliphatic hydroxyl groups is 1. The van der Waals surface area contributed by atoms with E-state index in [1.807, 2.05) is 24.3 Å². The van der Waals surface area contributed by atoms with E-state index in [-0.39, 0.29) is 41.6 Å². The number of fused-ring (bicyclic) bond motifs is 5. The molecule has 2 aromatic rings. The predicted molar refractivity (Wildman–Crippen MR) is 107 cm³/mol. The zero-order valence-corrected chi connectivity index (χ0v) is 18.2. The molecule has 2 aromatic carbocycles. The maximum Gasteiger partial charge on any atom is 0.318 e. The lowest BCUT2D eigenvalue weighted by Gasteiger charge is -2.52. The fourth-order valence-electron chi connectivity index (χ4n) is 5.68. The summed E-state index contributed by atoms with van der Waals surface area (Å²) in [5, 5.41) is 9.50. The van der Waals surface area contributed by atoms with Crippen molar-refractivity contribution in [3.05, 3.63) is 70.8 Å². The summed E-state index contributed by atoms with van der Waals surface area (Å²) < 4.78 is 7.12. The van der Waals surface area contributed by atoms with Crippen LogP contribution in [0.25, 0.3) is 0 Å². The highest BCUT2D eigenvalue weighted by Gasteiger charge is 2.48. The minimum Gasteiger partial charge on any atom is -1.00 e. The maximum absolute atomic E-state index is 13.5. The van der Waals surface area contributed by atoms with Crippen LogP contribution < -0.4 is 17.0 Å². The van der Waals surface area contributed by atoms with Gasteiger partial charge in [0.25, 0.3) is 0 Å². The Labute approximate surface area is 182 Å². The zero-order chi connectivity index (χ0) is 19.1. The van der Waals surface area contributed by atoms with Crippen molar-refractivity contribution in [1.29, 1.82) is 0 Å². The van der Waals surface area contributed by atoms with Crippen LogP contribution >= 0.6 is 0 Å². The van der Waals surface area contributed by atoms with E-state index in [2.05, 4.69) is 24.3 Å². The van der Waals surface area contributed by atoms with Gasteiger partial charge in [-0.2, -0.15) is 0 Å². The topological polar surface area (TPSA) is 46.5 Å². The van der Waals surface area contributed by atoms with Gasteiger partial charge < -0.3 is 31.3 Å². The first-order valence-corrected chi connectivity index (χ1v) is 10.5. The molecule has 154 valence electrons. The lowest BCUT2D eigenvalue weighted by atomic mass is 9.78. The van der Waals surface area contributed by atoms with Crippen LogP contribution in [0.5, 0.6) is 0 Å². The Morgan fingerprint density at radius 1 is 1.00 bits per heavy atom. The molecule has 29 heavy (non-hydrogen) atoms. The van der Waals surface area contributed by atoms with E-state index in [0.29, 0.717) is 5.92 Å². The number of aliphatic hydroxyl groups excluding tert-OH is 1. The number of quaternary nitrogens is 1. The van der Waals surface area contributed by atoms with Crippen LogP contribution in [0.2, 0.25) is 0 Å². The third kappa shape index (κ3) is 3.65. The lowest BCUT2D eigenvalue weighted by molar-refractivity contribution is -0.946. The molecule has 0 unspecified atom stereocenters. The molecule has 3 saturated heterocycles. The van der Waals surface area contributed by atoms with Gasteiger partial charge in [-0.3, -0.25) is 4.79 Å². The van der Waals surface area contributed by atoms with Gasteiger partial charge in [-0.25, -0.2) is 0 Å². The Morgan fingerprint density at radius 3 is 2.17 bits per heavy atom. The fraction of sp³-hybridized carbons (Fsp3) is 0.458. The molecule has 0 amide bonds. The number of hydrogen-bond acceptors (Lipinski definition) is 3. The van der Waals surface area contributed by atoms with Gasteiger partial charge in [-0.15, -0.1) is 0 Å². The van der Waals surface area contributed by atoms with Crippen molar-refractivity contribution < 1.29 is 36.1 Å². The molecule has 0 radical (unpaired) electrons. The van der Waals surface area contributed by atoms with Crippen molar-refractivity contribution in [2.45, 2.75) is 31.3 Å². The number of halogens is 1. The number of carbonyl (C=O) groups excluding carboxylic acids is 1. The number of benzene rings is 2. The maximum atomic E-state index is 13.5. The third-order valence-corrected chi connectivity index (χ3v) is 7.23. The van der Waals surface area contributed by atoms with Gasteiger partial charge in [0.2, 0.25) is 0 Å². The van der Waals surface area contributed by atoms with Crippen LogP contribution in [0.15, 0.2) is 48.5 Å². The molecule has 1 atom stereocenters. The van der Waals surface area contributed by atoms with E-state index >= 15 is 0 Å². The van der Waals surface area contributed by atoms with Crippen LogP contribution in [0.4, 0.5) is 0 Å². The Bertz CT molecular complexity index is 840. The highest BCUT2D eigenvalue weighted by Crippen LogP contribution is 2.40. The summed E-state index contributed by atoms with van der Waals surface area (Å²) in [6, 6.07) is 16.5. The van der Waals surface area contributed by atoms with Crippen LogP contribution in [0.3, 0.4) is 0 Å². The smallest absolute Gasteiger partial charge is 0.318 e. The lowest BCUT2D eigenvalue weighted by Crippen LogP contribution is -3.00. The molecule has 6 rings (SSSR count). The van der Waals surface area contributed by atoms with E-state index in [1.165, 1.54) is 11.1 Å². The van der Waals surface area contributed by atoms with Gasteiger partial charge >= 0.3 is 5.97 Å². The SMILES string of the molecule is O=C(O[C@H]1C[N+]2(CCO)CCC1CC2)C1c2ccccc2Cc2ccccc21.[Br-]. The standard InChI is InChI=1S/C24H28NO3.BrH/c26-14-13-25-11-9-17(10-12-25)22(16-25)28-24(27)23-20-7-3-1-5-18(20)15-19-6-2-4-8-21(19)23;/h1-8,17,22-23,26H,9-16H2;1H/q+1;/p-1/t17?,22-,25?;/m0./s1. The second-order valence-electron chi connectivity index (χ2n) is 8.74. The molecule has 3 heterocycles. The first-order chi connectivity index (χ1) is 13.7. The van der Waals surface area contributed by atoms with Crippen molar-refractivity contribution >= 4 is 5.97 Å². The molecule has 0 aromatic heterocycles. The summed E-state index contributed by atoms with van der Waals surface area (Å²) in [5.41, 5.74) is 4.63. The molecular formula is C24H28BrNO3. The summed E-state index contributed by atoms with van der Waals surface area (Å²) in [6.07, 6.45) is 3.03. The Hall–Kier alpha value is -1.69. The van der Waals surface area contributed by atoms with E-state index in [0.717, 1.165) is 61.1 Å². The molecule has 1 aliphatic carbocycles. The van der Waals surface area contributed by atoms with Crippen molar-refractivity contribution in [3.63, 3.8) is 0 Å². The first kappa shape index (κ1) is 20.6. The highest BCUT2D eigenvalue weighted by atomic mass is 79.9. The first-order valence-electron chi connectivity index (χ1n) is 10.5. The van der Waals surface area contributed by atoms with Gasteiger partial charge in [0.15, 0.2) is 6.10 Å². The molecule has 3 aliphatic heterocycles. The molecule has 4 aliphatic rings. The number of esters is 1. The highest BCUT2D eigenvalue weighted by molar-refractivity contribution is 5.84. The van der Waals surface area contributed by atoms with Crippen molar-refractivity contribution in [3.8, 4) is 0 Å². The van der Waals surface area contributed by atoms with E-state index < -0.39 is 0 Å². The van der Waals surface area contributed by atoms with Gasteiger partial charge in [-0.05, 0) is 28.7 Å². The number of nitrogens with zero attached hydrogens (tertiary/aromatic N) is 1. The average molecular weight is 458 g/mol. The normalized spacial score (nSPS) is 27.5. The monoisotopic (exact) mass is 457 g/mol. The minimum absolute atomic E-state index is 0. The molecule has 2 bridgehead atoms. The summed E-state index contributed by atoms with van der Waals surface area (Å²) in [5.74, 6) is 0.0279. The summed E-state index contributed by atoms with van der Waals surface area (Å²) in [4.78, 5) is 13.5. The van der Waals surface area contributed by atoms with Crippen LogP contribution in [0, 0.1) is 5.92 Å². The Balaban J connectivity index is 0.00000205. The van der Waals surface area contributed by atoms with E-state index in [9.17, 15) is 9.90 Å². The van der Waals surface area contributed by atoms with Gasteiger partial charge in [0, 0.05) is 18.8 Å². The number of hydrogen-bond donors (Lipinski definition) is 1. The predicted octanol–water partition coefficient (Wildman–Crippen LogP) is -0.129. The fourth-order valence-corrected chi connectivity index (χ4v) is 5.68. The minimum atomic E-state index is -0.331. The second kappa shape index (κ2) is 8.21.